The van der Waals surface area contributed by atoms with E-state index in [1.54, 1.807) is 18.3 Å². The number of rotatable bonds is 7. The first kappa shape index (κ1) is 33.2. The Hall–Kier alpha value is -3.68. The predicted molar refractivity (Wildman–Crippen MR) is 176 cm³/mol. The van der Waals surface area contributed by atoms with E-state index >= 15 is 0 Å². The number of halogens is 2. The summed E-state index contributed by atoms with van der Waals surface area (Å²) < 4.78 is 42.6. The summed E-state index contributed by atoms with van der Waals surface area (Å²) in [7, 11) is -1.98. The lowest BCUT2D eigenvalue weighted by Crippen LogP contribution is -2.54. The Morgan fingerprint density at radius 1 is 1.21 bits per heavy atom. The van der Waals surface area contributed by atoms with Crippen LogP contribution in [0.1, 0.15) is 22.2 Å². The van der Waals surface area contributed by atoms with Crippen LogP contribution in [-0.4, -0.2) is 110 Å². The van der Waals surface area contributed by atoms with Gasteiger partial charge in [0.05, 0.1) is 24.1 Å². The van der Waals surface area contributed by atoms with Crippen LogP contribution >= 0.6 is 22.9 Å². The normalized spacial score (nSPS) is 22.2. The Bertz CT molecular complexity index is 1890. The smallest absolute Gasteiger partial charge is 0.338 e. The molecule has 2 N–H and O–H groups in total. The molecule has 1 aromatic heterocycles. The fourth-order valence-electron chi connectivity index (χ4n) is 5.99. The third-order valence-electron chi connectivity index (χ3n) is 8.28. The van der Waals surface area contributed by atoms with Gasteiger partial charge in [-0.05, 0) is 36.4 Å². The standard InChI is InChI=1S/C32H32ClFN6O5S2/c1-45-31(41)27-26(36-29(30-35-11-15-46-30)37-28(27)24-10-7-21(34)16-25(24)33)19-38-13-14-40-22(17-38)18-39(32(40)42)12-3-4-20-5-8-23(9-6-20)47(2,43)44/h5-11,15-16,22,28,32,42H,12-14,17-19H2,1-2H3,(H,36,37)/t22-,28-,32?/m0/s1. The fourth-order valence-corrected chi connectivity index (χ4v) is 7.47. The summed E-state index contributed by atoms with van der Waals surface area (Å²) >= 11 is 7.87. The Labute approximate surface area is 281 Å². The number of carbonyl (C=O) groups is 1. The number of methoxy groups -OCH3 is 1. The first-order valence-electron chi connectivity index (χ1n) is 14.7. The van der Waals surface area contributed by atoms with Crippen molar-refractivity contribution in [2.45, 2.75) is 23.3 Å². The molecule has 3 aliphatic heterocycles. The third-order valence-corrected chi connectivity index (χ3v) is 10.5. The largest absolute Gasteiger partial charge is 0.466 e. The lowest BCUT2D eigenvalue weighted by atomic mass is 9.95. The number of nitrogens with one attached hydrogen (secondary N) is 1. The second kappa shape index (κ2) is 13.8. The van der Waals surface area contributed by atoms with Crippen molar-refractivity contribution in [1.29, 1.82) is 0 Å². The Morgan fingerprint density at radius 2 is 2.00 bits per heavy atom. The van der Waals surface area contributed by atoms with Crippen LogP contribution in [0.3, 0.4) is 0 Å². The van der Waals surface area contributed by atoms with Gasteiger partial charge in [0, 0.05) is 78.4 Å². The number of ether oxygens (including phenoxy) is 1. The van der Waals surface area contributed by atoms with Crippen LogP contribution in [0, 0.1) is 17.7 Å². The summed E-state index contributed by atoms with van der Waals surface area (Å²) in [4.78, 5) is 28.8. The molecule has 0 bridgehead atoms. The number of aliphatic imine (C=N–C) groups is 1. The second-order valence-electron chi connectivity index (χ2n) is 11.4. The Balaban J connectivity index is 1.20. The van der Waals surface area contributed by atoms with Gasteiger partial charge in [0.15, 0.2) is 27.0 Å². The topological polar surface area (TPSA) is 128 Å². The molecule has 47 heavy (non-hydrogen) atoms. The van der Waals surface area contributed by atoms with Crippen LogP contribution in [-0.2, 0) is 19.4 Å². The molecule has 0 aliphatic carbocycles. The van der Waals surface area contributed by atoms with Crippen molar-refractivity contribution in [3.8, 4) is 11.8 Å². The lowest BCUT2D eigenvalue weighted by Gasteiger charge is -2.39. The number of nitrogens with zero attached hydrogens (tertiary/aromatic N) is 5. The summed E-state index contributed by atoms with van der Waals surface area (Å²) in [5.41, 5.74) is 2.01. The minimum absolute atomic E-state index is 0.00908. The van der Waals surface area contributed by atoms with Crippen molar-refractivity contribution in [3.63, 3.8) is 0 Å². The van der Waals surface area contributed by atoms with Crippen LogP contribution < -0.4 is 5.32 Å². The van der Waals surface area contributed by atoms with Gasteiger partial charge in [-0.2, -0.15) is 0 Å². The van der Waals surface area contributed by atoms with E-state index in [9.17, 15) is 22.7 Å². The van der Waals surface area contributed by atoms with E-state index in [1.165, 1.54) is 48.8 Å². The molecule has 2 fully saturated rings. The molecule has 4 heterocycles. The highest BCUT2D eigenvalue weighted by atomic mass is 35.5. The van der Waals surface area contributed by atoms with Crippen LogP contribution in [0.25, 0.3) is 0 Å². The monoisotopic (exact) mass is 698 g/mol. The first-order chi connectivity index (χ1) is 22.5. The zero-order valence-electron chi connectivity index (χ0n) is 25.6. The van der Waals surface area contributed by atoms with Gasteiger partial charge in [-0.3, -0.25) is 19.7 Å². The number of sulfone groups is 1. The summed E-state index contributed by atoms with van der Waals surface area (Å²) in [6.07, 6.45) is 2.03. The highest BCUT2D eigenvalue weighted by Crippen LogP contribution is 2.37. The number of carbonyl (C=O) groups excluding carboxylic acids is 1. The summed E-state index contributed by atoms with van der Waals surface area (Å²) in [5.74, 6) is 5.53. The molecule has 0 amide bonds. The highest BCUT2D eigenvalue weighted by Gasteiger charge is 2.42. The molecule has 0 saturated carbocycles. The number of fused-ring (bicyclic) bond motifs is 1. The second-order valence-corrected chi connectivity index (χ2v) is 14.7. The minimum atomic E-state index is -3.28. The molecular weight excluding hydrogens is 667 g/mol. The number of aliphatic hydroxyl groups excluding tert-OH is 1. The first-order valence-corrected chi connectivity index (χ1v) is 17.9. The lowest BCUT2D eigenvalue weighted by molar-refractivity contribution is -0.136. The van der Waals surface area contributed by atoms with Gasteiger partial charge >= 0.3 is 5.97 Å². The van der Waals surface area contributed by atoms with Crippen LogP contribution in [0.2, 0.25) is 5.02 Å². The zero-order chi connectivity index (χ0) is 33.3. The molecular formula is C32H32ClFN6O5S2. The Morgan fingerprint density at radius 3 is 2.68 bits per heavy atom. The molecule has 246 valence electrons. The predicted octanol–water partition coefficient (Wildman–Crippen LogP) is 2.49. The molecule has 3 aliphatic rings. The molecule has 0 spiro atoms. The number of piperazine rings is 1. The van der Waals surface area contributed by atoms with E-state index in [0.717, 1.165) is 6.26 Å². The Kier molecular flexibility index (Phi) is 9.77. The van der Waals surface area contributed by atoms with Crippen molar-refractivity contribution in [1.82, 2.24) is 25.0 Å². The molecule has 15 heteroatoms. The van der Waals surface area contributed by atoms with Crippen LogP contribution in [0.15, 0.2) is 75.2 Å². The quantitative estimate of drug-likeness (QED) is 0.281. The maximum Gasteiger partial charge on any atom is 0.338 e. The number of aromatic nitrogens is 1. The average Bonchev–Trinajstić information content (AvgIpc) is 3.69. The summed E-state index contributed by atoms with van der Waals surface area (Å²) in [6.45, 7) is 3.08. The SMILES string of the molecule is COC(=O)C1=C(CN2CCN3C(O)N(CC#Cc4ccc(S(C)(=O)=O)cc4)C[C@@H]3C2)NC(c2nccs2)=N[C@H]1c1ccc(F)cc1Cl. The number of amidine groups is 1. The summed E-state index contributed by atoms with van der Waals surface area (Å²) in [5, 5.41) is 17.0. The highest BCUT2D eigenvalue weighted by molar-refractivity contribution is 7.90. The van der Waals surface area contributed by atoms with E-state index in [1.807, 2.05) is 15.2 Å². The molecule has 0 radical (unpaired) electrons. The van der Waals surface area contributed by atoms with Gasteiger partial charge in [-0.15, -0.1) is 11.3 Å². The molecule has 2 aromatic carbocycles. The molecule has 3 atom stereocenters. The van der Waals surface area contributed by atoms with E-state index in [4.69, 9.17) is 21.3 Å². The van der Waals surface area contributed by atoms with Crippen LogP contribution in [0.5, 0.6) is 0 Å². The van der Waals surface area contributed by atoms with Gasteiger partial charge < -0.3 is 15.2 Å². The van der Waals surface area contributed by atoms with Gasteiger partial charge in [-0.1, -0.05) is 29.5 Å². The van der Waals surface area contributed by atoms with E-state index < -0.39 is 34.0 Å². The van der Waals surface area contributed by atoms with Crippen molar-refractivity contribution in [2.75, 3.05) is 52.6 Å². The number of hydrogen-bond donors (Lipinski definition) is 2. The number of benzene rings is 2. The van der Waals surface area contributed by atoms with Crippen molar-refractivity contribution in [2.24, 2.45) is 4.99 Å². The maximum atomic E-state index is 14.0. The number of esters is 1. The van der Waals surface area contributed by atoms with Gasteiger partial charge in [0.25, 0.3) is 0 Å². The van der Waals surface area contributed by atoms with Gasteiger partial charge in [0.1, 0.15) is 11.9 Å². The molecule has 11 nitrogen and oxygen atoms in total. The molecule has 3 aromatic rings. The molecule has 6 rings (SSSR count). The van der Waals surface area contributed by atoms with E-state index in [0.29, 0.717) is 66.9 Å². The van der Waals surface area contributed by atoms with Gasteiger partial charge in [-0.25, -0.2) is 22.6 Å². The zero-order valence-corrected chi connectivity index (χ0v) is 27.9. The third kappa shape index (κ3) is 7.26. The number of aliphatic hydroxyl groups is 1. The van der Waals surface area contributed by atoms with Gasteiger partial charge in [0.2, 0.25) is 0 Å². The minimum Gasteiger partial charge on any atom is -0.466 e. The van der Waals surface area contributed by atoms with Crippen molar-refractivity contribution >= 4 is 44.6 Å². The summed E-state index contributed by atoms with van der Waals surface area (Å²) in [6, 6.07) is 9.56. The van der Waals surface area contributed by atoms with E-state index in [-0.39, 0.29) is 21.5 Å². The number of thiazole rings is 1. The number of hydrogen-bond acceptors (Lipinski definition) is 12. The fraction of sp³-hybridized carbons (Fsp3) is 0.344. The van der Waals surface area contributed by atoms with E-state index in [2.05, 4.69) is 27.0 Å². The van der Waals surface area contributed by atoms with Crippen molar-refractivity contribution in [3.05, 3.63) is 92.3 Å². The average molecular weight is 699 g/mol. The molecule has 2 saturated heterocycles. The van der Waals surface area contributed by atoms with Crippen molar-refractivity contribution < 1.29 is 27.4 Å². The maximum absolute atomic E-state index is 14.0. The van der Waals surface area contributed by atoms with Crippen LogP contribution in [0.4, 0.5) is 4.39 Å². The molecule has 1 unspecified atom stereocenters.